The van der Waals surface area contributed by atoms with Gasteiger partial charge in [-0.15, -0.1) is 0 Å². The molecule has 3 atom stereocenters. The molecule has 102 valence electrons. The first-order valence-electron chi connectivity index (χ1n) is 6.24. The first-order valence-corrected chi connectivity index (χ1v) is 6.24. The van der Waals surface area contributed by atoms with Crippen LogP contribution in [0.3, 0.4) is 0 Å². The van der Waals surface area contributed by atoms with Crippen molar-refractivity contribution >= 4 is 5.97 Å². The SMILES string of the molecule is C=C1C(O)[C@H](/C=C/C(=O)OC)O[C@H]1CCC(C)C. The van der Waals surface area contributed by atoms with Crippen molar-refractivity contribution < 1.29 is 19.4 Å². The maximum atomic E-state index is 11.0. The van der Waals surface area contributed by atoms with Gasteiger partial charge in [-0.05, 0) is 30.4 Å². The highest BCUT2D eigenvalue weighted by molar-refractivity contribution is 5.81. The van der Waals surface area contributed by atoms with Gasteiger partial charge < -0.3 is 14.6 Å². The molecule has 0 aliphatic carbocycles. The van der Waals surface area contributed by atoms with Crippen molar-refractivity contribution in [1.29, 1.82) is 0 Å². The van der Waals surface area contributed by atoms with Gasteiger partial charge >= 0.3 is 5.97 Å². The standard InChI is InChI=1S/C14H22O4/c1-9(2)5-6-11-10(3)14(16)12(18-11)7-8-13(15)17-4/h7-9,11-12,14,16H,3,5-6H2,1-2,4H3/b8-7+/t11-,12-,14?/m0/s1. The number of methoxy groups -OCH3 is 1. The number of ether oxygens (including phenoxy) is 2. The van der Waals surface area contributed by atoms with Gasteiger partial charge in [0.25, 0.3) is 0 Å². The van der Waals surface area contributed by atoms with Gasteiger partial charge in [0.1, 0.15) is 12.2 Å². The van der Waals surface area contributed by atoms with Crippen LogP contribution < -0.4 is 0 Å². The van der Waals surface area contributed by atoms with Crippen molar-refractivity contribution in [2.24, 2.45) is 5.92 Å². The molecule has 1 heterocycles. The predicted molar refractivity (Wildman–Crippen MR) is 69.0 cm³/mol. The summed E-state index contributed by atoms with van der Waals surface area (Å²) in [7, 11) is 1.31. The summed E-state index contributed by atoms with van der Waals surface area (Å²) >= 11 is 0. The smallest absolute Gasteiger partial charge is 0.330 e. The molecule has 0 aromatic heterocycles. The van der Waals surface area contributed by atoms with Gasteiger partial charge in [-0.3, -0.25) is 0 Å². The molecule has 0 bridgehead atoms. The first-order chi connectivity index (χ1) is 8.45. The summed E-state index contributed by atoms with van der Waals surface area (Å²) in [5.74, 6) is 0.130. The van der Waals surface area contributed by atoms with Crippen molar-refractivity contribution in [3.05, 3.63) is 24.3 Å². The van der Waals surface area contributed by atoms with Crippen LogP contribution in [-0.2, 0) is 14.3 Å². The maximum Gasteiger partial charge on any atom is 0.330 e. The van der Waals surface area contributed by atoms with Gasteiger partial charge in [0.2, 0.25) is 0 Å². The van der Waals surface area contributed by atoms with E-state index in [2.05, 4.69) is 25.2 Å². The lowest BCUT2D eigenvalue weighted by atomic mass is 9.98. The van der Waals surface area contributed by atoms with E-state index in [1.54, 1.807) is 0 Å². The van der Waals surface area contributed by atoms with E-state index in [-0.39, 0.29) is 6.10 Å². The molecule has 18 heavy (non-hydrogen) atoms. The lowest BCUT2D eigenvalue weighted by Gasteiger charge is -2.12. The second-order valence-electron chi connectivity index (χ2n) is 4.96. The second-order valence-corrected chi connectivity index (χ2v) is 4.96. The van der Waals surface area contributed by atoms with Gasteiger partial charge in [-0.1, -0.05) is 20.4 Å². The summed E-state index contributed by atoms with van der Waals surface area (Å²) in [4.78, 5) is 11.0. The summed E-state index contributed by atoms with van der Waals surface area (Å²) in [5.41, 5.74) is 0.690. The van der Waals surface area contributed by atoms with Crippen LogP contribution in [0.2, 0.25) is 0 Å². The lowest BCUT2D eigenvalue weighted by Crippen LogP contribution is -2.19. The number of aliphatic hydroxyl groups excluding tert-OH is 1. The normalized spacial score (nSPS) is 28.3. The summed E-state index contributed by atoms with van der Waals surface area (Å²) in [5, 5.41) is 9.95. The maximum absolute atomic E-state index is 11.0. The van der Waals surface area contributed by atoms with Crippen molar-refractivity contribution in [3.63, 3.8) is 0 Å². The molecular weight excluding hydrogens is 232 g/mol. The number of esters is 1. The Balaban J connectivity index is 2.56. The molecule has 4 nitrogen and oxygen atoms in total. The molecule has 1 rings (SSSR count). The van der Waals surface area contributed by atoms with Crippen molar-refractivity contribution in [3.8, 4) is 0 Å². The van der Waals surface area contributed by atoms with E-state index in [0.717, 1.165) is 12.8 Å². The van der Waals surface area contributed by atoms with E-state index in [1.807, 2.05) is 0 Å². The minimum Gasteiger partial charge on any atom is -0.466 e. The zero-order valence-corrected chi connectivity index (χ0v) is 11.3. The molecule has 1 unspecified atom stereocenters. The molecule has 0 amide bonds. The minimum atomic E-state index is -0.747. The van der Waals surface area contributed by atoms with E-state index in [1.165, 1.54) is 19.3 Å². The van der Waals surface area contributed by atoms with Crippen LogP contribution in [0, 0.1) is 5.92 Å². The number of aliphatic hydroxyl groups is 1. The Morgan fingerprint density at radius 2 is 2.28 bits per heavy atom. The van der Waals surface area contributed by atoms with Crippen LogP contribution in [-0.4, -0.2) is 36.5 Å². The third kappa shape index (κ3) is 3.96. The summed E-state index contributed by atoms with van der Waals surface area (Å²) in [6.45, 7) is 8.15. The third-order valence-corrected chi connectivity index (χ3v) is 3.06. The molecule has 0 aromatic rings. The van der Waals surface area contributed by atoms with Crippen LogP contribution in [0.15, 0.2) is 24.3 Å². The molecule has 4 heteroatoms. The highest BCUT2D eigenvalue weighted by Crippen LogP contribution is 2.29. The van der Waals surface area contributed by atoms with Gasteiger partial charge in [0.15, 0.2) is 0 Å². The van der Waals surface area contributed by atoms with Crippen LogP contribution in [0.4, 0.5) is 0 Å². The average Bonchev–Trinajstić information content (AvgIpc) is 2.61. The number of hydrogen-bond acceptors (Lipinski definition) is 4. The van der Waals surface area contributed by atoms with Gasteiger partial charge in [0, 0.05) is 6.08 Å². The zero-order chi connectivity index (χ0) is 13.7. The molecule has 0 aromatic carbocycles. The molecule has 0 saturated carbocycles. The highest BCUT2D eigenvalue weighted by Gasteiger charge is 2.35. The van der Waals surface area contributed by atoms with Crippen molar-refractivity contribution in [2.45, 2.75) is 45.0 Å². The first kappa shape index (κ1) is 14.9. The quantitative estimate of drug-likeness (QED) is 0.462. The molecular formula is C14H22O4. The molecule has 1 fully saturated rings. The molecule has 1 N–H and O–H groups in total. The topological polar surface area (TPSA) is 55.8 Å². The van der Waals surface area contributed by atoms with Crippen molar-refractivity contribution in [1.82, 2.24) is 0 Å². The monoisotopic (exact) mass is 254 g/mol. The third-order valence-electron chi connectivity index (χ3n) is 3.06. The second kappa shape index (κ2) is 6.71. The Hall–Kier alpha value is -1.13. The Morgan fingerprint density at radius 1 is 1.61 bits per heavy atom. The van der Waals surface area contributed by atoms with E-state index in [9.17, 15) is 9.90 Å². The number of rotatable bonds is 5. The van der Waals surface area contributed by atoms with Gasteiger partial charge in [-0.25, -0.2) is 4.79 Å². The van der Waals surface area contributed by atoms with E-state index in [4.69, 9.17) is 4.74 Å². The largest absolute Gasteiger partial charge is 0.466 e. The highest BCUT2D eigenvalue weighted by atomic mass is 16.5. The summed E-state index contributed by atoms with van der Waals surface area (Å²) < 4.78 is 10.2. The van der Waals surface area contributed by atoms with E-state index < -0.39 is 18.2 Å². The fourth-order valence-electron chi connectivity index (χ4n) is 1.88. The van der Waals surface area contributed by atoms with Crippen LogP contribution in [0.1, 0.15) is 26.7 Å². The Morgan fingerprint density at radius 3 is 2.83 bits per heavy atom. The number of carbonyl (C=O) groups excluding carboxylic acids is 1. The molecule has 0 spiro atoms. The minimum absolute atomic E-state index is 0.130. The van der Waals surface area contributed by atoms with Crippen LogP contribution in [0.25, 0.3) is 0 Å². The summed E-state index contributed by atoms with van der Waals surface area (Å²) in [6, 6.07) is 0. The lowest BCUT2D eigenvalue weighted by molar-refractivity contribution is -0.134. The molecule has 1 aliphatic heterocycles. The predicted octanol–water partition coefficient (Wildman–Crippen LogP) is 1.84. The van der Waals surface area contributed by atoms with Crippen LogP contribution in [0.5, 0.6) is 0 Å². The zero-order valence-electron chi connectivity index (χ0n) is 11.3. The fourth-order valence-corrected chi connectivity index (χ4v) is 1.88. The molecule has 0 radical (unpaired) electrons. The Bertz CT molecular complexity index is 333. The molecule has 1 aliphatic rings. The van der Waals surface area contributed by atoms with Crippen LogP contribution >= 0.6 is 0 Å². The fraction of sp³-hybridized carbons (Fsp3) is 0.643. The van der Waals surface area contributed by atoms with Gasteiger partial charge in [0.05, 0.1) is 13.2 Å². The number of hydrogen-bond donors (Lipinski definition) is 1. The van der Waals surface area contributed by atoms with E-state index >= 15 is 0 Å². The van der Waals surface area contributed by atoms with E-state index in [0.29, 0.717) is 11.5 Å². The van der Waals surface area contributed by atoms with Crippen molar-refractivity contribution in [2.75, 3.05) is 7.11 Å². The van der Waals surface area contributed by atoms with Gasteiger partial charge in [-0.2, -0.15) is 0 Å². The average molecular weight is 254 g/mol. The number of carbonyl (C=O) groups is 1. The summed E-state index contributed by atoms with van der Waals surface area (Å²) in [6.07, 6.45) is 3.27. The molecule has 1 saturated heterocycles. The Kier molecular flexibility index (Phi) is 5.56. The Labute approximate surface area is 108 Å².